The SMILES string of the molecule is CCC(CC(C)=O)[C@@H](C)Oc1cc(-c2ccccc2)cc2ncccc12. The lowest BCUT2D eigenvalue weighted by Crippen LogP contribution is -2.25. The van der Waals surface area contributed by atoms with Gasteiger partial charge in [-0.2, -0.15) is 0 Å². The Morgan fingerprint density at radius 3 is 2.54 bits per heavy atom. The molecule has 2 aromatic carbocycles. The molecule has 3 aromatic rings. The van der Waals surface area contributed by atoms with Crippen molar-refractivity contribution in [3.8, 4) is 16.9 Å². The van der Waals surface area contributed by atoms with Crippen LogP contribution >= 0.6 is 0 Å². The molecule has 0 aliphatic carbocycles. The van der Waals surface area contributed by atoms with Crippen LogP contribution in [0.1, 0.15) is 33.6 Å². The minimum Gasteiger partial charge on any atom is -0.490 e. The van der Waals surface area contributed by atoms with Gasteiger partial charge in [-0.15, -0.1) is 0 Å². The van der Waals surface area contributed by atoms with Crippen LogP contribution in [0.2, 0.25) is 0 Å². The first kappa shape index (κ1) is 18.1. The van der Waals surface area contributed by atoms with Gasteiger partial charge in [-0.3, -0.25) is 4.98 Å². The second kappa shape index (κ2) is 8.13. The Morgan fingerprint density at radius 2 is 1.85 bits per heavy atom. The quantitative estimate of drug-likeness (QED) is 0.552. The number of benzene rings is 2. The summed E-state index contributed by atoms with van der Waals surface area (Å²) in [7, 11) is 0. The zero-order chi connectivity index (χ0) is 18.5. The molecule has 1 aromatic heterocycles. The van der Waals surface area contributed by atoms with E-state index in [1.807, 2.05) is 30.3 Å². The van der Waals surface area contributed by atoms with Gasteiger partial charge in [0.25, 0.3) is 0 Å². The molecule has 0 saturated carbocycles. The van der Waals surface area contributed by atoms with E-state index in [-0.39, 0.29) is 17.8 Å². The summed E-state index contributed by atoms with van der Waals surface area (Å²) in [6, 6.07) is 18.4. The summed E-state index contributed by atoms with van der Waals surface area (Å²) < 4.78 is 6.35. The first-order valence-corrected chi connectivity index (χ1v) is 9.18. The van der Waals surface area contributed by atoms with Gasteiger partial charge in [0.2, 0.25) is 0 Å². The molecule has 0 saturated heterocycles. The van der Waals surface area contributed by atoms with Crippen LogP contribution in [0.15, 0.2) is 60.8 Å². The van der Waals surface area contributed by atoms with Crippen molar-refractivity contribution in [2.45, 2.75) is 39.7 Å². The molecule has 0 fully saturated rings. The number of hydrogen-bond acceptors (Lipinski definition) is 3. The molecule has 2 atom stereocenters. The van der Waals surface area contributed by atoms with E-state index >= 15 is 0 Å². The van der Waals surface area contributed by atoms with E-state index in [4.69, 9.17) is 4.74 Å². The molecule has 0 N–H and O–H groups in total. The predicted molar refractivity (Wildman–Crippen MR) is 106 cm³/mol. The minimum atomic E-state index is -0.0432. The van der Waals surface area contributed by atoms with E-state index in [9.17, 15) is 4.79 Å². The second-order valence-corrected chi connectivity index (χ2v) is 6.81. The Labute approximate surface area is 155 Å². The molecule has 26 heavy (non-hydrogen) atoms. The third-order valence-corrected chi connectivity index (χ3v) is 4.84. The lowest BCUT2D eigenvalue weighted by atomic mass is 9.94. The fourth-order valence-electron chi connectivity index (χ4n) is 3.35. The van der Waals surface area contributed by atoms with E-state index in [0.717, 1.165) is 34.2 Å². The van der Waals surface area contributed by atoms with E-state index < -0.39 is 0 Å². The molecular formula is C23H25NO2. The number of Topliss-reactive ketones (excluding diaryl/α,β-unsaturated/α-hetero) is 1. The maximum absolute atomic E-state index is 11.6. The standard InChI is InChI=1S/C23H25NO2/c1-4-18(13-16(2)25)17(3)26-23-15-20(19-9-6-5-7-10-19)14-22-21(23)11-8-12-24-22/h5-12,14-15,17-18H,4,13H2,1-3H3/t17-,18?/m1/s1. The van der Waals surface area contributed by atoms with Crippen molar-refractivity contribution >= 4 is 16.7 Å². The molecule has 0 aliphatic rings. The Kier molecular flexibility index (Phi) is 5.67. The topological polar surface area (TPSA) is 39.2 Å². The average molecular weight is 347 g/mol. The van der Waals surface area contributed by atoms with Gasteiger partial charge in [0, 0.05) is 23.9 Å². The van der Waals surface area contributed by atoms with E-state index in [2.05, 4.69) is 43.1 Å². The van der Waals surface area contributed by atoms with Gasteiger partial charge in [0.15, 0.2) is 0 Å². The fraction of sp³-hybridized carbons (Fsp3) is 0.304. The summed E-state index contributed by atoms with van der Waals surface area (Å²) in [6.07, 6.45) is 3.22. The van der Waals surface area contributed by atoms with Crippen LogP contribution in [0, 0.1) is 5.92 Å². The van der Waals surface area contributed by atoms with E-state index in [1.54, 1.807) is 13.1 Å². The summed E-state index contributed by atoms with van der Waals surface area (Å²) in [5.74, 6) is 1.24. The Balaban J connectivity index is 2.00. The zero-order valence-electron chi connectivity index (χ0n) is 15.6. The van der Waals surface area contributed by atoms with Gasteiger partial charge in [0.05, 0.1) is 11.6 Å². The molecule has 134 valence electrons. The van der Waals surface area contributed by atoms with Crippen molar-refractivity contribution in [1.82, 2.24) is 4.98 Å². The van der Waals surface area contributed by atoms with Crippen LogP contribution in [-0.2, 0) is 4.79 Å². The zero-order valence-corrected chi connectivity index (χ0v) is 15.6. The number of rotatable bonds is 7. The van der Waals surface area contributed by atoms with Crippen LogP contribution in [0.25, 0.3) is 22.0 Å². The number of ether oxygens (including phenoxy) is 1. The van der Waals surface area contributed by atoms with Crippen molar-refractivity contribution < 1.29 is 9.53 Å². The van der Waals surface area contributed by atoms with Crippen LogP contribution < -0.4 is 4.74 Å². The molecule has 0 bridgehead atoms. The molecule has 3 heteroatoms. The highest BCUT2D eigenvalue weighted by atomic mass is 16.5. The third kappa shape index (κ3) is 4.10. The number of hydrogen-bond donors (Lipinski definition) is 0. The van der Waals surface area contributed by atoms with E-state index in [1.165, 1.54) is 0 Å². The first-order chi connectivity index (χ1) is 12.6. The van der Waals surface area contributed by atoms with Crippen molar-refractivity contribution in [2.75, 3.05) is 0 Å². The van der Waals surface area contributed by atoms with Gasteiger partial charge in [-0.1, -0.05) is 37.3 Å². The number of aromatic nitrogens is 1. The number of carbonyl (C=O) groups excluding carboxylic acids is 1. The molecule has 0 radical (unpaired) electrons. The summed E-state index contributed by atoms with van der Waals surface area (Å²) in [4.78, 5) is 16.1. The maximum Gasteiger partial charge on any atom is 0.130 e. The van der Waals surface area contributed by atoms with Crippen molar-refractivity contribution in [2.24, 2.45) is 5.92 Å². The van der Waals surface area contributed by atoms with Crippen LogP contribution in [0.4, 0.5) is 0 Å². The summed E-state index contributed by atoms with van der Waals surface area (Å²) in [5.41, 5.74) is 3.13. The Hall–Kier alpha value is -2.68. The monoisotopic (exact) mass is 347 g/mol. The third-order valence-electron chi connectivity index (χ3n) is 4.84. The van der Waals surface area contributed by atoms with Gasteiger partial charge in [-0.25, -0.2) is 0 Å². The molecule has 0 aliphatic heterocycles. The highest BCUT2D eigenvalue weighted by Crippen LogP contribution is 2.33. The van der Waals surface area contributed by atoms with Crippen LogP contribution in [0.5, 0.6) is 5.75 Å². The number of nitrogens with zero attached hydrogens (tertiary/aromatic N) is 1. The Bertz CT molecular complexity index is 889. The smallest absolute Gasteiger partial charge is 0.130 e. The predicted octanol–water partition coefficient (Wildman–Crippen LogP) is 5.67. The van der Waals surface area contributed by atoms with Gasteiger partial charge in [-0.05, 0) is 55.7 Å². The molecule has 0 spiro atoms. The lowest BCUT2D eigenvalue weighted by molar-refractivity contribution is -0.118. The largest absolute Gasteiger partial charge is 0.490 e. The van der Waals surface area contributed by atoms with Gasteiger partial charge >= 0.3 is 0 Å². The average Bonchev–Trinajstić information content (AvgIpc) is 2.66. The van der Waals surface area contributed by atoms with Gasteiger partial charge in [0.1, 0.15) is 11.5 Å². The van der Waals surface area contributed by atoms with Crippen LogP contribution in [0.3, 0.4) is 0 Å². The Morgan fingerprint density at radius 1 is 1.08 bits per heavy atom. The molecule has 1 unspecified atom stereocenters. The van der Waals surface area contributed by atoms with Crippen molar-refractivity contribution in [1.29, 1.82) is 0 Å². The van der Waals surface area contributed by atoms with Gasteiger partial charge < -0.3 is 9.53 Å². The summed E-state index contributed by atoms with van der Waals surface area (Å²) >= 11 is 0. The molecular weight excluding hydrogens is 322 g/mol. The lowest BCUT2D eigenvalue weighted by Gasteiger charge is -2.24. The summed E-state index contributed by atoms with van der Waals surface area (Å²) in [5, 5.41) is 0.997. The normalized spacial score (nSPS) is 13.3. The van der Waals surface area contributed by atoms with Crippen molar-refractivity contribution in [3.63, 3.8) is 0 Å². The van der Waals surface area contributed by atoms with E-state index in [0.29, 0.717) is 6.42 Å². The highest BCUT2D eigenvalue weighted by Gasteiger charge is 2.20. The highest BCUT2D eigenvalue weighted by molar-refractivity contribution is 5.90. The molecule has 3 rings (SSSR count). The van der Waals surface area contributed by atoms with Crippen molar-refractivity contribution in [3.05, 3.63) is 60.8 Å². The van der Waals surface area contributed by atoms with Crippen LogP contribution in [-0.4, -0.2) is 16.9 Å². The minimum absolute atomic E-state index is 0.0432. The number of carbonyl (C=O) groups is 1. The number of fused-ring (bicyclic) bond motifs is 1. The first-order valence-electron chi connectivity index (χ1n) is 9.18. The molecule has 3 nitrogen and oxygen atoms in total. The molecule has 0 amide bonds. The number of ketones is 1. The maximum atomic E-state index is 11.6. The molecule has 1 heterocycles. The second-order valence-electron chi connectivity index (χ2n) is 6.81. The number of pyridine rings is 1. The summed E-state index contributed by atoms with van der Waals surface area (Å²) in [6.45, 7) is 5.80. The fourth-order valence-corrected chi connectivity index (χ4v) is 3.35.